The fraction of sp³-hybridized carbons (Fsp3) is 0.333. The lowest BCUT2D eigenvalue weighted by Crippen LogP contribution is -2.27. The monoisotopic (exact) mass is 493 g/mol. The molecule has 0 radical (unpaired) electrons. The number of thioether (sulfide) groups is 1. The third kappa shape index (κ3) is 4.95. The van der Waals surface area contributed by atoms with Gasteiger partial charge in [0.15, 0.2) is 4.32 Å². The first-order valence-electron chi connectivity index (χ1n) is 9.81. The van der Waals surface area contributed by atoms with Gasteiger partial charge in [-0.2, -0.15) is 0 Å². The lowest BCUT2D eigenvalue weighted by Gasteiger charge is -2.28. The zero-order valence-corrected chi connectivity index (χ0v) is 21.5. The standard InChI is InChI=1S/C24H25Cl2NO2S2/c1-23(2,3)15-9-13(10-16(20(15)28)24(4,5)6)11-19-21(29)27(22(30)31-19)18-8-7-14(25)12-17(18)26/h7-12,28H,1-6H3/b19-11+. The molecule has 1 aliphatic rings. The Morgan fingerprint density at radius 1 is 1.00 bits per heavy atom. The smallest absolute Gasteiger partial charge is 0.270 e. The molecule has 2 aromatic rings. The Labute approximate surface area is 203 Å². The molecule has 1 fully saturated rings. The van der Waals surface area contributed by atoms with E-state index in [1.165, 1.54) is 16.7 Å². The van der Waals surface area contributed by atoms with E-state index >= 15 is 0 Å². The second-order valence-electron chi connectivity index (χ2n) is 9.58. The number of benzene rings is 2. The summed E-state index contributed by atoms with van der Waals surface area (Å²) in [7, 11) is 0. The van der Waals surface area contributed by atoms with E-state index in [0.717, 1.165) is 16.7 Å². The Balaban J connectivity index is 2.09. The van der Waals surface area contributed by atoms with Gasteiger partial charge in [-0.25, -0.2) is 0 Å². The summed E-state index contributed by atoms with van der Waals surface area (Å²) < 4.78 is 0.409. The Hall–Kier alpha value is -1.53. The lowest BCUT2D eigenvalue weighted by molar-refractivity contribution is -0.113. The van der Waals surface area contributed by atoms with Crippen LogP contribution in [0.25, 0.3) is 6.08 Å². The minimum atomic E-state index is -0.260. The van der Waals surface area contributed by atoms with Crippen LogP contribution >= 0.6 is 47.2 Å². The molecule has 0 aromatic heterocycles. The summed E-state index contributed by atoms with van der Waals surface area (Å²) in [5, 5.41) is 11.8. The zero-order chi connectivity index (χ0) is 23.3. The van der Waals surface area contributed by atoms with Gasteiger partial charge in [-0.3, -0.25) is 9.69 Å². The van der Waals surface area contributed by atoms with Crippen LogP contribution in [0.5, 0.6) is 5.75 Å². The Kier molecular flexibility index (Phi) is 6.56. The van der Waals surface area contributed by atoms with Crippen molar-refractivity contribution in [3.63, 3.8) is 0 Å². The molecule has 0 unspecified atom stereocenters. The molecule has 1 aliphatic heterocycles. The molecule has 0 atom stereocenters. The number of thiocarbonyl (C=S) groups is 1. The second kappa shape index (κ2) is 8.43. The highest BCUT2D eigenvalue weighted by molar-refractivity contribution is 8.27. The molecule has 0 saturated carbocycles. The molecule has 3 rings (SSSR count). The van der Waals surface area contributed by atoms with Crippen molar-refractivity contribution in [2.45, 2.75) is 52.4 Å². The normalized spacial score (nSPS) is 16.5. The van der Waals surface area contributed by atoms with Gasteiger partial charge >= 0.3 is 0 Å². The molecule has 1 N–H and O–H groups in total. The van der Waals surface area contributed by atoms with E-state index < -0.39 is 0 Å². The second-order valence-corrected chi connectivity index (χ2v) is 12.1. The third-order valence-corrected chi connectivity index (χ3v) is 6.83. The van der Waals surface area contributed by atoms with Crippen LogP contribution in [0, 0.1) is 0 Å². The third-order valence-electron chi connectivity index (χ3n) is 4.99. The molecule has 31 heavy (non-hydrogen) atoms. The number of amides is 1. The van der Waals surface area contributed by atoms with E-state index in [0.29, 0.717) is 30.7 Å². The number of phenolic OH excluding ortho intramolecular Hbond substituents is 1. The van der Waals surface area contributed by atoms with Gasteiger partial charge in [-0.1, -0.05) is 88.7 Å². The van der Waals surface area contributed by atoms with Crippen molar-refractivity contribution in [3.8, 4) is 5.75 Å². The van der Waals surface area contributed by atoms with Crippen molar-refractivity contribution in [1.29, 1.82) is 0 Å². The predicted molar refractivity (Wildman–Crippen MR) is 138 cm³/mol. The first-order valence-corrected chi connectivity index (χ1v) is 11.8. The average molecular weight is 495 g/mol. The van der Waals surface area contributed by atoms with Gasteiger partial charge in [0.2, 0.25) is 0 Å². The molecule has 2 aromatic carbocycles. The van der Waals surface area contributed by atoms with Crippen molar-refractivity contribution >= 4 is 69.2 Å². The van der Waals surface area contributed by atoms with Crippen LogP contribution in [0.3, 0.4) is 0 Å². The maximum absolute atomic E-state index is 13.2. The maximum atomic E-state index is 13.2. The molecular formula is C24H25Cl2NO2S2. The highest BCUT2D eigenvalue weighted by atomic mass is 35.5. The largest absolute Gasteiger partial charge is 0.507 e. The first kappa shape index (κ1) is 24.1. The molecule has 164 valence electrons. The van der Waals surface area contributed by atoms with Crippen molar-refractivity contribution in [3.05, 3.63) is 62.0 Å². The molecule has 3 nitrogen and oxygen atoms in total. The van der Waals surface area contributed by atoms with Crippen LogP contribution in [0.1, 0.15) is 58.2 Å². The molecule has 0 aliphatic carbocycles. The topological polar surface area (TPSA) is 40.5 Å². The van der Waals surface area contributed by atoms with E-state index in [-0.39, 0.29) is 16.7 Å². The molecule has 1 heterocycles. The molecule has 1 amide bonds. The predicted octanol–water partition coefficient (Wildman–Crippen LogP) is 7.70. The number of carbonyl (C=O) groups is 1. The zero-order valence-electron chi connectivity index (χ0n) is 18.3. The number of aromatic hydroxyl groups is 1. The number of carbonyl (C=O) groups excluding carboxylic acids is 1. The van der Waals surface area contributed by atoms with E-state index in [4.69, 9.17) is 35.4 Å². The molecule has 1 saturated heterocycles. The molecule has 0 spiro atoms. The number of hydrogen-bond donors (Lipinski definition) is 1. The van der Waals surface area contributed by atoms with Crippen molar-refractivity contribution in [1.82, 2.24) is 0 Å². The van der Waals surface area contributed by atoms with Crippen LogP contribution in [-0.4, -0.2) is 15.3 Å². The van der Waals surface area contributed by atoms with E-state index in [2.05, 4.69) is 41.5 Å². The average Bonchev–Trinajstić information content (AvgIpc) is 2.88. The molecular weight excluding hydrogens is 469 g/mol. The first-order chi connectivity index (χ1) is 14.2. The van der Waals surface area contributed by atoms with Gasteiger partial charge in [0.25, 0.3) is 5.91 Å². The minimum Gasteiger partial charge on any atom is -0.507 e. The van der Waals surface area contributed by atoms with Crippen LogP contribution in [0.15, 0.2) is 35.2 Å². The number of phenols is 1. The lowest BCUT2D eigenvalue weighted by atomic mass is 9.78. The van der Waals surface area contributed by atoms with Gasteiger partial charge in [-0.05, 0) is 52.8 Å². The Bertz CT molecular complexity index is 1080. The van der Waals surface area contributed by atoms with Crippen LogP contribution in [0.2, 0.25) is 10.0 Å². The summed E-state index contributed by atoms with van der Waals surface area (Å²) in [6.45, 7) is 12.3. The van der Waals surface area contributed by atoms with Gasteiger partial charge in [0.1, 0.15) is 5.75 Å². The van der Waals surface area contributed by atoms with E-state index in [1.807, 2.05) is 18.2 Å². The maximum Gasteiger partial charge on any atom is 0.270 e. The van der Waals surface area contributed by atoms with Gasteiger partial charge < -0.3 is 5.11 Å². The van der Waals surface area contributed by atoms with Crippen molar-refractivity contribution < 1.29 is 9.90 Å². The number of hydrogen-bond acceptors (Lipinski definition) is 4. The van der Waals surface area contributed by atoms with Crippen LogP contribution in [-0.2, 0) is 15.6 Å². The van der Waals surface area contributed by atoms with E-state index in [1.54, 1.807) is 18.2 Å². The number of rotatable bonds is 2. The fourth-order valence-electron chi connectivity index (χ4n) is 3.37. The van der Waals surface area contributed by atoms with Crippen LogP contribution < -0.4 is 4.90 Å². The van der Waals surface area contributed by atoms with E-state index in [9.17, 15) is 9.90 Å². The highest BCUT2D eigenvalue weighted by Crippen LogP contribution is 2.43. The van der Waals surface area contributed by atoms with Gasteiger partial charge in [0.05, 0.1) is 15.6 Å². The highest BCUT2D eigenvalue weighted by Gasteiger charge is 2.35. The van der Waals surface area contributed by atoms with Gasteiger partial charge in [-0.15, -0.1) is 0 Å². The number of halogens is 2. The molecule has 0 bridgehead atoms. The SMILES string of the molecule is CC(C)(C)c1cc(/C=C2/SC(=S)N(c3ccc(Cl)cc3Cl)C2=O)cc(C(C)(C)C)c1O. The minimum absolute atomic E-state index is 0.234. The van der Waals surface area contributed by atoms with Crippen molar-refractivity contribution in [2.75, 3.05) is 4.90 Å². The summed E-state index contributed by atoms with van der Waals surface area (Å²) in [6, 6.07) is 8.83. The van der Waals surface area contributed by atoms with Crippen LogP contribution in [0.4, 0.5) is 5.69 Å². The Morgan fingerprint density at radius 2 is 1.55 bits per heavy atom. The summed E-state index contributed by atoms with van der Waals surface area (Å²) in [5.74, 6) is 0.0690. The molecule has 7 heteroatoms. The number of anilines is 1. The summed E-state index contributed by atoms with van der Waals surface area (Å²) in [4.78, 5) is 15.1. The fourth-order valence-corrected chi connectivity index (χ4v) is 5.15. The number of nitrogens with zero attached hydrogens (tertiary/aromatic N) is 1. The summed E-state index contributed by atoms with van der Waals surface area (Å²) in [6.07, 6.45) is 1.83. The van der Waals surface area contributed by atoms with Crippen molar-refractivity contribution in [2.24, 2.45) is 0 Å². The Morgan fingerprint density at radius 3 is 2.03 bits per heavy atom. The van der Waals surface area contributed by atoms with Gasteiger partial charge in [0, 0.05) is 16.1 Å². The summed E-state index contributed by atoms with van der Waals surface area (Å²) in [5.41, 5.74) is 2.50. The quantitative estimate of drug-likeness (QED) is 0.343. The summed E-state index contributed by atoms with van der Waals surface area (Å²) >= 11 is 19.0.